The van der Waals surface area contributed by atoms with Crippen LogP contribution in [0.3, 0.4) is 0 Å². The Morgan fingerprint density at radius 1 is 1.00 bits per heavy atom. The van der Waals surface area contributed by atoms with Crippen molar-refractivity contribution in [1.29, 1.82) is 0 Å². The minimum atomic E-state index is -0.622. The second kappa shape index (κ2) is 12.1. The van der Waals surface area contributed by atoms with Gasteiger partial charge in [0.2, 0.25) is 0 Å². The summed E-state index contributed by atoms with van der Waals surface area (Å²) < 4.78 is 18.7. The Bertz CT molecular complexity index is 1230. The summed E-state index contributed by atoms with van der Waals surface area (Å²) in [5.74, 6) is -1.03. The molecule has 0 atom stereocenters. The van der Waals surface area contributed by atoms with Crippen LogP contribution in [0.1, 0.15) is 75.6 Å². The standard InChI is InChI=1S/C28H30BrNO6/c1-5-35-27(33)24-22(15-20-12-9-13-21(14-20)26(32)36-28(2,3)4)25(29)30(23(24)16-31)18-34-17-19-10-7-6-8-11-19/h6-14,16H,5,15,17-18H2,1-4H3. The zero-order valence-electron chi connectivity index (χ0n) is 20.9. The van der Waals surface area contributed by atoms with E-state index in [-0.39, 0.29) is 31.0 Å². The summed E-state index contributed by atoms with van der Waals surface area (Å²) in [6.07, 6.45) is 0.904. The number of aromatic nitrogens is 1. The Labute approximate surface area is 219 Å². The van der Waals surface area contributed by atoms with Gasteiger partial charge in [0.25, 0.3) is 0 Å². The number of ether oxygens (including phenoxy) is 3. The van der Waals surface area contributed by atoms with Crippen LogP contribution in [0.4, 0.5) is 0 Å². The van der Waals surface area contributed by atoms with Gasteiger partial charge >= 0.3 is 11.9 Å². The molecular formula is C28H30BrNO6. The van der Waals surface area contributed by atoms with Crippen molar-refractivity contribution >= 4 is 34.2 Å². The number of benzene rings is 2. The fraction of sp³-hybridized carbons (Fsp3) is 0.321. The van der Waals surface area contributed by atoms with Crippen molar-refractivity contribution in [2.24, 2.45) is 0 Å². The lowest BCUT2D eigenvalue weighted by Gasteiger charge is -2.19. The first kappa shape index (κ1) is 27.4. The third kappa shape index (κ3) is 6.92. The molecule has 0 amide bonds. The highest BCUT2D eigenvalue weighted by atomic mass is 79.9. The van der Waals surface area contributed by atoms with Gasteiger partial charge in [0.05, 0.1) is 34.6 Å². The molecule has 0 saturated carbocycles. The molecule has 0 aliphatic heterocycles. The molecule has 8 heteroatoms. The van der Waals surface area contributed by atoms with Gasteiger partial charge in [-0.3, -0.25) is 4.79 Å². The molecule has 190 valence electrons. The van der Waals surface area contributed by atoms with Gasteiger partial charge in [0.1, 0.15) is 12.3 Å². The Morgan fingerprint density at radius 3 is 2.33 bits per heavy atom. The molecule has 1 aromatic heterocycles. The second-order valence-corrected chi connectivity index (χ2v) is 9.89. The maximum Gasteiger partial charge on any atom is 0.340 e. The number of hydrogen-bond acceptors (Lipinski definition) is 6. The first-order valence-corrected chi connectivity index (χ1v) is 12.4. The van der Waals surface area contributed by atoms with Crippen LogP contribution in [0.25, 0.3) is 0 Å². The van der Waals surface area contributed by atoms with Gasteiger partial charge in [-0.15, -0.1) is 0 Å². The first-order chi connectivity index (χ1) is 17.1. The lowest BCUT2D eigenvalue weighted by atomic mass is 10.0. The van der Waals surface area contributed by atoms with Crippen molar-refractivity contribution < 1.29 is 28.6 Å². The predicted molar refractivity (Wildman–Crippen MR) is 139 cm³/mol. The van der Waals surface area contributed by atoms with Crippen LogP contribution in [-0.2, 0) is 34.0 Å². The summed E-state index contributed by atoms with van der Waals surface area (Å²) in [7, 11) is 0. The van der Waals surface area contributed by atoms with E-state index in [1.165, 1.54) is 0 Å². The van der Waals surface area contributed by atoms with Crippen molar-refractivity contribution in [3.05, 3.63) is 92.7 Å². The SMILES string of the molecule is CCOC(=O)c1c(Cc2cccc(C(=O)OC(C)(C)C)c2)c(Br)n(COCc2ccccc2)c1C=O. The number of hydrogen-bond donors (Lipinski definition) is 0. The van der Waals surface area contributed by atoms with Crippen molar-refractivity contribution in [1.82, 2.24) is 4.57 Å². The number of esters is 2. The number of halogens is 1. The molecule has 0 aliphatic carbocycles. The minimum Gasteiger partial charge on any atom is -0.462 e. The fourth-order valence-electron chi connectivity index (χ4n) is 3.68. The van der Waals surface area contributed by atoms with E-state index in [1.807, 2.05) is 36.4 Å². The molecule has 3 aromatic rings. The van der Waals surface area contributed by atoms with Crippen LogP contribution < -0.4 is 0 Å². The summed E-state index contributed by atoms with van der Waals surface area (Å²) in [5, 5.41) is 0. The van der Waals surface area contributed by atoms with Gasteiger partial charge in [-0.25, -0.2) is 9.59 Å². The normalized spacial score (nSPS) is 11.2. The maximum atomic E-state index is 12.9. The molecule has 0 unspecified atom stereocenters. The molecule has 1 heterocycles. The van der Waals surface area contributed by atoms with E-state index in [0.29, 0.717) is 28.6 Å². The van der Waals surface area contributed by atoms with Crippen molar-refractivity contribution in [2.75, 3.05) is 6.61 Å². The van der Waals surface area contributed by atoms with E-state index < -0.39 is 17.5 Å². The molecule has 36 heavy (non-hydrogen) atoms. The molecule has 0 bridgehead atoms. The van der Waals surface area contributed by atoms with Crippen LogP contribution in [0.5, 0.6) is 0 Å². The number of aldehydes is 1. The molecular weight excluding hydrogens is 526 g/mol. The fourth-order valence-corrected chi connectivity index (χ4v) is 4.31. The number of carbonyl (C=O) groups excluding carboxylic acids is 3. The van der Waals surface area contributed by atoms with Crippen LogP contribution in [0.2, 0.25) is 0 Å². The number of rotatable bonds is 10. The van der Waals surface area contributed by atoms with E-state index >= 15 is 0 Å². The van der Waals surface area contributed by atoms with Crippen LogP contribution in [0, 0.1) is 0 Å². The molecule has 0 aliphatic rings. The van der Waals surface area contributed by atoms with E-state index in [9.17, 15) is 14.4 Å². The lowest BCUT2D eigenvalue weighted by molar-refractivity contribution is 0.00690. The Hall–Kier alpha value is -3.23. The Kier molecular flexibility index (Phi) is 9.23. The molecule has 2 aromatic carbocycles. The zero-order valence-corrected chi connectivity index (χ0v) is 22.5. The predicted octanol–water partition coefficient (Wildman–Crippen LogP) is 5.96. The van der Waals surface area contributed by atoms with E-state index in [1.54, 1.807) is 50.5 Å². The average molecular weight is 556 g/mol. The molecule has 3 rings (SSSR count). The molecule has 0 saturated heterocycles. The Balaban J connectivity index is 1.94. The molecule has 0 N–H and O–H groups in total. The highest BCUT2D eigenvalue weighted by Crippen LogP contribution is 2.31. The maximum absolute atomic E-state index is 12.9. The molecule has 0 fully saturated rings. The first-order valence-electron chi connectivity index (χ1n) is 11.6. The van der Waals surface area contributed by atoms with Gasteiger partial charge < -0.3 is 18.8 Å². The van der Waals surface area contributed by atoms with E-state index in [0.717, 1.165) is 11.1 Å². The van der Waals surface area contributed by atoms with Gasteiger partial charge in [-0.05, 0) is 66.9 Å². The molecule has 0 spiro atoms. The van der Waals surface area contributed by atoms with Gasteiger partial charge in [0, 0.05) is 12.0 Å². The van der Waals surface area contributed by atoms with Crippen LogP contribution in [0.15, 0.2) is 59.2 Å². The van der Waals surface area contributed by atoms with Crippen molar-refractivity contribution in [2.45, 2.75) is 53.1 Å². The summed E-state index contributed by atoms with van der Waals surface area (Å²) in [4.78, 5) is 37.6. The highest BCUT2D eigenvalue weighted by molar-refractivity contribution is 9.10. The van der Waals surface area contributed by atoms with Crippen LogP contribution in [-0.4, -0.2) is 35.0 Å². The smallest absolute Gasteiger partial charge is 0.340 e. The van der Waals surface area contributed by atoms with E-state index in [2.05, 4.69) is 15.9 Å². The monoisotopic (exact) mass is 555 g/mol. The van der Waals surface area contributed by atoms with E-state index in [4.69, 9.17) is 14.2 Å². The third-order valence-corrected chi connectivity index (χ3v) is 6.11. The second-order valence-electron chi connectivity index (χ2n) is 9.14. The van der Waals surface area contributed by atoms with Crippen molar-refractivity contribution in [3.8, 4) is 0 Å². The topological polar surface area (TPSA) is 83.8 Å². The van der Waals surface area contributed by atoms with Crippen molar-refractivity contribution in [3.63, 3.8) is 0 Å². The minimum absolute atomic E-state index is 0.0495. The van der Waals surface area contributed by atoms with Gasteiger partial charge in [-0.1, -0.05) is 42.5 Å². The largest absolute Gasteiger partial charge is 0.462 e. The van der Waals surface area contributed by atoms with Crippen LogP contribution >= 0.6 is 15.9 Å². The van der Waals surface area contributed by atoms with Gasteiger partial charge in [0.15, 0.2) is 6.29 Å². The lowest BCUT2D eigenvalue weighted by Crippen LogP contribution is -2.23. The summed E-state index contributed by atoms with van der Waals surface area (Å²) in [6, 6.07) is 16.7. The molecule has 7 nitrogen and oxygen atoms in total. The summed E-state index contributed by atoms with van der Waals surface area (Å²) in [5.41, 5.74) is 2.43. The van der Waals surface area contributed by atoms with Gasteiger partial charge in [-0.2, -0.15) is 0 Å². The molecule has 0 radical (unpaired) electrons. The third-order valence-electron chi connectivity index (χ3n) is 5.20. The number of nitrogens with zero attached hydrogens (tertiary/aromatic N) is 1. The summed E-state index contributed by atoms with van der Waals surface area (Å²) >= 11 is 3.57. The highest BCUT2D eigenvalue weighted by Gasteiger charge is 2.27. The summed E-state index contributed by atoms with van der Waals surface area (Å²) in [6.45, 7) is 7.68. The average Bonchev–Trinajstić information content (AvgIpc) is 3.10. The quantitative estimate of drug-likeness (QED) is 0.226. The Morgan fingerprint density at radius 2 is 1.69 bits per heavy atom. The number of carbonyl (C=O) groups is 3. The zero-order chi connectivity index (χ0) is 26.3.